The highest BCUT2D eigenvalue weighted by molar-refractivity contribution is 6.31. The highest BCUT2D eigenvalue weighted by Gasteiger charge is 2.30. The SMILES string of the molecule is O=[N+]([O-])c1ccc(Cl)cc1N1CC(CO)C1. The van der Waals surface area contributed by atoms with Crippen molar-refractivity contribution in [2.75, 3.05) is 24.6 Å². The van der Waals surface area contributed by atoms with Gasteiger partial charge in [-0.25, -0.2) is 0 Å². The third kappa shape index (κ3) is 1.96. The maximum atomic E-state index is 10.8. The average molecular weight is 243 g/mol. The van der Waals surface area contributed by atoms with E-state index in [4.69, 9.17) is 16.7 Å². The van der Waals surface area contributed by atoms with Gasteiger partial charge in [0.25, 0.3) is 5.69 Å². The van der Waals surface area contributed by atoms with Crippen LogP contribution in [0.1, 0.15) is 0 Å². The minimum absolute atomic E-state index is 0.0563. The second-order valence-electron chi connectivity index (χ2n) is 3.84. The zero-order valence-electron chi connectivity index (χ0n) is 8.47. The number of aliphatic hydroxyl groups is 1. The lowest BCUT2D eigenvalue weighted by Gasteiger charge is -2.39. The van der Waals surface area contributed by atoms with E-state index in [9.17, 15) is 10.1 Å². The number of benzene rings is 1. The summed E-state index contributed by atoms with van der Waals surface area (Å²) in [7, 11) is 0. The quantitative estimate of drug-likeness (QED) is 0.647. The van der Waals surface area contributed by atoms with Crippen LogP contribution in [0.5, 0.6) is 0 Å². The number of hydrogen-bond acceptors (Lipinski definition) is 4. The molecule has 0 unspecified atom stereocenters. The van der Waals surface area contributed by atoms with Crippen molar-refractivity contribution in [3.8, 4) is 0 Å². The van der Waals surface area contributed by atoms with Crippen LogP contribution in [0.25, 0.3) is 0 Å². The number of hydrogen-bond donors (Lipinski definition) is 1. The lowest BCUT2D eigenvalue weighted by molar-refractivity contribution is -0.384. The minimum atomic E-state index is -0.419. The van der Waals surface area contributed by atoms with Crippen LogP contribution < -0.4 is 4.90 Å². The van der Waals surface area contributed by atoms with Crippen molar-refractivity contribution in [1.82, 2.24) is 0 Å². The summed E-state index contributed by atoms with van der Waals surface area (Å²) in [6, 6.07) is 4.50. The van der Waals surface area contributed by atoms with Crippen molar-refractivity contribution < 1.29 is 10.0 Å². The smallest absolute Gasteiger partial charge is 0.292 e. The van der Waals surface area contributed by atoms with E-state index >= 15 is 0 Å². The molecule has 1 aliphatic rings. The molecule has 2 rings (SSSR count). The molecule has 0 spiro atoms. The number of halogens is 1. The van der Waals surface area contributed by atoms with Gasteiger partial charge in [-0.1, -0.05) is 11.6 Å². The lowest BCUT2D eigenvalue weighted by Crippen LogP contribution is -2.48. The fraction of sp³-hybridized carbons (Fsp3) is 0.400. The van der Waals surface area contributed by atoms with Gasteiger partial charge in [-0.05, 0) is 12.1 Å². The fourth-order valence-corrected chi connectivity index (χ4v) is 1.95. The van der Waals surface area contributed by atoms with Gasteiger partial charge < -0.3 is 10.0 Å². The van der Waals surface area contributed by atoms with Crippen LogP contribution in [0.15, 0.2) is 18.2 Å². The fourth-order valence-electron chi connectivity index (χ4n) is 1.79. The molecule has 0 aliphatic carbocycles. The molecule has 1 fully saturated rings. The summed E-state index contributed by atoms with van der Waals surface area (Å²) in [6.45, 7) is 1.39. The Labute approximate surface area is 97.4 Å². The summed E-state index contributed by atoms with van der Waals surface area (Å²) in [6.07, 6.45) is 0. The second kappa shape index (κ2) is 4.27. The molecule has 6 heteroatoms. The first-order chi connectivity index (χ1) is 7.61. The summed E-state index contributed by atoms with van der Waals surface area (Å²) in [5, 5.41) is 20.2. The predicted octanol–water partition coefficient (Wildman–Crippen LogP) is 1.68. The first-order valence-corrected chi connectivity index (χ1v) is 5.29. The molecular formula is C10H11ClN2O3. The Morgan fingerprint density at radius 2 is 2.25 bits per heavy atom. The summed E-state index contributed by atoms with van der Waals surface area (Å²) in [5.74, 6) is 0.207. The molecule has 0 radical (unpaired) electrons. The topological polar surface area (TPSA) is 66.6 Å². The second-order valence-corrected chi connectivity index (χ2v) is 4.28. The third-order valence-electron chi connectivity index (χ3n) is 2.69. The molecule has 1 aliphatic heterocycles. The van der Waals surface area contributed by atoms with Gasteiger partial charge in [0.15, 0.2) is 0 Å². The van der Waals surface area contributed by atoms with E-state index in [0.29, 0.717) is 23.8 Å². The lowest BCUT2D eigenvalue weighted by atomic mass is 10.00. The summed E-state index contributed by atoms with van der Waals surface area (Å²) in [5.41, 5.74) is 0.586. The van der Waals surface area contributed by atoms with E-state index in [0.717, 1.165) is 0 Å². The molecule has 0 bridgehead atoms. The van der Waals surface area contributed by atoms with Gasteiger partial charge in [0.05, 0.1) is 4.92 Å². The first-order valence-electron chi connectivity index (χ1n) is 4.91. The Balaban J connectivity index is 2.25. The van der Waals surface area contributed by atoms with Gasteiger partial charge in [0, 0.05) is 36.7 Å². The number of aliphatic hydroxyl groups excluding tert-OH is 1. The third-order valence-corrected chi connectivity index (χ3v) is 2.93. The molecule has 1 N–H and O–H groups in total. The molecule has 0 aromatic heterocycles. The number of nitro benzene ring substituents is 1. The van der Waals surface area contributed by atoms with Crippen molar-refractivity contribution in [3.63, 3.8) is 0 Å². The molecule has 0 amide bonds. The van der Waals surface area contributed by atoms with Crippen LogP contribution >= 0.6 is 11.6 Å². The Morgan fingerprint density at radius 3 is 2.81 bits per heavy atom. The van der Waals surface area contributed by atoms with Crippen molar-refractivity contribution in [2.24, 2.45) is 5.92 Å². The molecule has 5 nitrogen and oxygen atoms in total. The largest absolute Gasteiger partial charge is 0.396 e. The maximum Gasteiger partial charge on any atom is 0.292 e. The Bertz CT molecular complexity index is 419. The molecule has 1 aromatic carbocycles. The zero-order chi connectivity index (χ0) is 11.7. The first kappa shape index (κ1) is 11.2. The van der Waals surface area contributed by atoms with Crippen molar-refractivity contribution in [3.05, 3.63) is 33.3 Å². The Morgan fingerprint density at radius 1 is 1.56 bits per heavy atom. The van der Waals surface area contributed by atoms with E-state index in [1.807, 2.05) is 4.90 Å². The Kier molecular flexibility index (Phi) is 2.98. The summed E-state index contributed by atoms with van der Waals surface area (Å²) < 4.78 is 0. The van der Waals surface area contributed by atoms with E-state index in [1.165, 1.54) is 12.1 Å². The van der Waals surface area contributed by atoms with Crippen LogP contribution in [0.2, 0.25) is 5.02 Å². The van der Waals surface area contributed by atoms with Crippen LogP contribution in [-0.2, 0) is 0 Å². The molecule has 86 valence electrons. The number of nitrogens with zero attached hydrogens (tertiary/aromatic N) is 2. The van der Waals surface area contributed by atoms with Gasteiger partial charge in [0.1, 0.15) is 5.69 Å². The van der Waals surface area contributed by atoms with Gasteiger partial charge in [-0.3, -0.25) is 10.1 Å². The maximum absolute atomic E-state index is 10.8. The number of nitro groups is 1. The standard InChI is InChI=1S/C10H11ClN2O3/c11-8-1-2-9(13(15)16)10(3-8)12-4-7(5-12)6-14/h1-3,7,14H,4-6H2. The van der Waals surface area contributed by atoms with E-state index in [2.05, 4.69) is 0 Å². The van der Waals surface area contributed by atoms with Gasteiger partial charge >= 0.3 is 0 Å². The van der Waals surface area contributed by atoms with Crippen LogP contribution in [0.4, 0.5) is 11.4 Å². The molecular weight excluding hydrogens is 232 g/mol. The summed E-state index contributed by atoms with van der Waals surface area (Å²) in [4.78, 5) is 12.2. The molecule has 1 aromatic rings. The van der Waals surface area contributed by atoms with Gasteiger partial charge in [0.2, 0.25) is 0 Å². The molecule has 16 heavy (non-hydrogen) atoms. The predicted molar refractivity (Wildman–Crippen MR) is 60.9 cm³/mol. The molecule has 0 atom stereocenters. The molecule has 0 saturated carbocycles. The minimum Gasteiger partial charge on any atom is -0.396 e. The highest BCUT2D eigenvalue weighted by Crippen LogP contribution is 2.34. The van der Waals surface area contributed by atoms with Crippen molar-refractivity contribution in [2.45, 2.75) is 0 Å². The number of anilines is 1. The van der Waals surface area contributed by atoms with Crippen LogP contribution in [-0.4, -0.2) is 29.7 Å². The van der Waals surface area contributed by atoms with Crippen LogP contribution in [0.3, 0.4) is 0 Å². The normalized spacial score (nSPS) is 16.0. The zero-order valence-corrected chi connectivity index (χ0v) is 9.22. The van der Waals surface area contributed by atoms with E-state index in [1.54, 1.807) is 6.07 Å². The van der Waals surface area contributed by atoms with Gasteiger partial charge in [-0.2, -0.15) is 0 Å². The van der Waals surface area contributed by atoms with Crippen molar-refractivity contribution >= 4 is 23.0 Å². The molecule has 1 heterocycles. The summed E-state index contributed by atoms with van der Waals surface area (Å²) >= 11 is 5.82. The molecule has 1 saturated heterocycles. The van der Waals surface area contributed by atoms with Crippen LogP contribution in [0, 0.1) is 16.0 Å². The van der Waals surface area contributed by atoms with E-state index < -0.39 is 4.92 Å². The number of rotatable bonds is 3. The van der Waals surface area contributed by atoms with E-state index in [-0.39, 0.29) is 18.2 Å². The average Bonchev–Trinajstić information content (AvgIpc) is 2.15. The van der Waals surface area contributed by atoms with Gasteiger partial charge in [-0.15, -0.1) is 0 Å². The highest BCUT2D eigenvalue weighted by atomic mass is 35.5. The Hall–Kier alpha value is -1.33. The van der Waals surface area contributed by atoms with Crippen molar-refractivity contribution in [1.29, 1.82) is 0 Å². The monoisotopic (exact) mass is 242 g/mol.